The number of nitrogens with zero attached hydrogens (tertiary/aromatic N) is 1. The lowest BCUT2D eigenvalue weighted by Gasteiger charge is -2.35. The quantitative estimate of drug-likeness (QED) is 0.788. The van der Waals surface area contributed by atoms with Gasteiger partial charge in [-0.2, -0.15) is 0 Å². The minimum absolute atomic E-state index is 0.0785. The van der Waals surface area contributed by atoms with Crippen LogP contribution in [0.15, 0.2) is 16.6 Å². The Morgan fingerprint density at radius 3 is 2.79 bits per heavy atom. The first-order valence-electron chi connectivity index (χ1n) is 6.19. The Hall–Kier alpha value is -0.720. The van der Waals surface area contributed by atoms with Crippen LogP contribution in [0.5, 0.6) is 0 Å². The number of aromatic amines is 1. The third kappa shape index (κ3) is 2.15. The molecule has 1 fully saturated rings. The van der Waals surface area contributed by atoms with Gasteiger partial charge in [0.1, 0.15) is 5.82 Å². The van der Waals surface area contributed by atoms with Crippen molar-refractivity contribution in [3.8, 4) is 0 Å². The molecule has 1 N–H and O–H groups in total. The highest BCUT2D eigenvalue weighted by Gasteiger charge is 2.31. The van der Waals surface area contributed by atoms with Crippen LogP contribution >= 0.6 is 28.1 Å². The van der Waals surface area contributed by atoms with Crippen LogP contribution in [0.4, 0.5) is 4.39 Å². The highest BCUT2D eigenvalue weighted by molar-refractivity contribution is 9.10. The molecule has 0 spiro atoms. The molecular weight excluding hydrogens is 331 g/mol. The molecule has 1 aliphatic heterocycles. The van der Waals surface area contributed by atoms with Gasteiger partial charge in [0.2, 0.25) is 0 Å². The van der Waals surface area contributed by atoms with E-state index in [-0.39, 0.29) is 11.4 Å². The zero-order valence-corrected chi connectivity index (χ0v) is 12.9. The number of aromatic nitrogens is 2. The summed E-state index contributed by atoms with van der Waals surface area (Å²) in [6.07, 6.45) is 1.81. The zero-order valence-electron chi connectivity index (χ0n) is 10.5. The number of nitrogens with one attached hydrogen (secondary N) is 1. The van der Waals surface area contributed by atoms with Gasteiger partial charge in [-0.1, -0.05) is 0 Å². The summed E-state index contributed by atoms with van der Waals surface area (Å²) in [5, 5.41) is 0. The molecule has 102 valence electrons. The van der Waals surface area contributed by atoms with Crippen LogP contribution in [0.1, 0.15) is 19.8 Å². The molecule has 0 amide bonds. The molecule has 19 heavy (non-hydrogen) atoms. The Morgan fingerprint density at radius 1 is 1.42 bits per heavy atom. The van der Waals surface area contributed by atoms with Crippen molar-refractivity contribution in [1.29, 1.82) is 0 Å². The lowest BCUT2D eigenvalue weighted by molar-refractivity contribution is 0.0306. The van der Waals surface area contributed by atoms with Crippen LogP contribution in [0.25, 0.3) is 11.0 Å². The van der Waals surface area contributed by atoms with Crippen LogP contribution in [-0.4, -0.2) is 22.8 Å². The number of ether oxygens (including phenoxy) is 1. The minimum atomic E-state index is -0.284. The van der Waals surface area contributed by atoms with Crippen LogP contribution in [0.3, 0.4) is 0 Å². The number of hydrogen-bond acceptors (Lipinski definition) is 2. The number of H-pyrrole nitrogens is 1. The maximum atomic E-state index is 13.6. The fraction of sp³-hybridized carbons (Fsp3) is 0.462. The molecule has 6 heteroatoms. The van der Waals surface area contributed by atoms with Crippen molar-refractivity contribution >= 4 is 39.2 Å². The average Bonchev–Trinajstić information content (AvgIpc) is 2.67. The van der Waals surface area contributed by atoms with Crippen molar-refractivity contribution in [2.75, 3.05) is 13.2 Å². The summed E-state index contributed by atoms with van der Waals surface area (Å²) in [5.41, 5.74) is 1.59. The van der Waals surface area contributed by atoms with Crippen molar-refractivity contribution in [1.82, 2.24) is 9.55 Å². The SMILES string of the molecule is CC1(n2c(=S)[nH]c3cc(F)c(Br)cc32)CCOCC1. The fourth-order valence-electron chi connectivity index (χ4n) is 2.67. The Morgan fingerprint density at radius 2 is 2.11 bits per heavy atom. The third-order valence-electron chi connectivity index (χ3n) is 3.83. The van der Waals surface area contributed by atoms with E-state index in [9.17, 15) is 4.39 Å². The number of fused-ring (bicyclic) bond motifs is 1. The van der Waals surface area contributed by atoms with E-state index in [1.54, 1.807) is 6.07 Å². The number of halogens is 2. The summed E-state index contributed by atoms with van der Waals surface area (Å²) in [6, 6.07) is 3.27. The van der Waals surface area contributed by atoms with E-state index in [2.05, 4.69) is 32.4 Å². The van der Waals surface area contributed by atoms with E-state index in [0.29, 0.717) is 9.24 Å². The Kier molecular flexibility index (Phi) is 3.27. The van der Waals surface area contributed by atoms with Gasteiger partial charge in [0.15, 0.2) is 4.77 Å². The smallest absolute Gasteiger partial charge is 0.178 e. The van der Waals surface area contributed by atoms with Gasteiger partial charge in [0, 0.05) is 24.8 Å². The maximum absolute atomic E-state index is 13.6. The van der Waals surface area contributed by atoms with Crippen LogP contribution in [0.2, 0.25) is 0 Å². The van der Waals surface area contributed by atoms with Gasteiger partial charge in [0.25, 0.3) is 0 Å². The zero-order chi connectivity index (χ0) is 13.6. The normalized spacial score (nSPS) is 18.9. The second-order valence-corrected chi connectivity index (χ2v) is 6.40. The van der Waals surface area contributed by atoms with Gasteiger partial charge in [-0.3, -0.25) is 0 Å². The van der Waals surface area contributed by atoms with E-state index < -0.39 is 0 Å². The molecule has 2 aromatic rings. The first-order valence-corrected chi connectivity index (χ1v) is 7.39. The molecule has 3 nitrogen and oxygen atoms in total. The van der Waals surface area contributed by atoms with Crippen LogP contribution in [0, 0.1) is 10.6 Å². The van der Waals surface area contributed by atoms with Crippen molar-refractivity contribution in [3.05, 3.63) is 27.2 Å². The van der Waals surface area contributed by atoms with Gasteiger partial charge in [0.05, 0.1) is 15.5 Å². The molecule has 3 rings (SSSR count). The van der Waals surface area contributed by atoms with Crippen molar-refractivity contribution < 1.29 is 9.13 Å². The van der Waals surface area contributed by atoms with Crippen molar-refractivity contribution in [2.45, 2.75) is 25.3 Å². The molecule has 1 saturated heterocycles. The second kappa shape index (κ2) is 4.68. The molecule has 0 atom stereocenters. The first kappa shape index (κ1) is 13.3. The lowest BCUT2D eigenvalue weighted by Crippen LogP contribution is -2.36. The summed E-state index contributed by atoms with van der Waals surface area (Å²) in [7, 11) is 0. The Bertz CT molecular complexity index is 688. The summed E-state index contributed by atoms with van der Waals surface area (Å²) in [6.45, 7) is 3.64. The predicted octanol–water partition coefficient (Wildman–Crippen LogP) is 4.13. The van der Waals surface area contributed by atoms with Gasteiger partial charge in [-0.25, -0.2) is 4.39 Å². The van der Waals surface area contributed by atoms with Crippen LogP contribution in [-0.2, 0) is 10.3 Å². The highest BCUT2D eigenvalue weighted by atomic mass is 79.9. The van der Waals surface area contributed by atoms with Crippen LogP contribution < -0.4 is 0 Å². The highest BCUT2D eigenvalue weighted by Crippen LogP contribution is 2.34. The molecular formula is C13H14BrFN2OS. The summed E-state index contributed by atoms with van der Waals surface area (Å²) < 4.78 is 22.2. The molecule has 1 aliphatic rings. The van der Waals surface area contributed by atoms with Gasteiger partial charge < -0.3 is 14.3 Å². The van der Waals surface area contributed by atoms with Gasteiger partial charge in [-0.15, -0.1) is 0 Å². The fourth-order valence-corrected chi connectivity index (χ4v) is 3.43. The predicted molar refractivity (Wildman–Crippen MR) is 78.5 cm³/mol. The first-order chi connectivity index (χ1) is 9.01. The summed E-state index contributed by atoms with van der Waals surface area (Å²) >= 11 is 8.66. The van der Waals surface area contributed by atoms with Crippen molar-refractivity contribution in [3.63, 3.8) is 0 Å². The van der Waals surface area contributed by atoms with Crippen molar-refractivity contribution in [2.24, 2.45) is 0 Å². The average molecular weight is 345 g/mol. The van der Waals surface area contributed by atoms with E-state index >= 15 is 0 Å². The standard InChI is InChI=1S/C13H14BrFN2OS/c1-13(2-4-18-5-3-13)17-11-6-8(14)9(15)7-10(11)16-12(17)19/h6-7H,2-5H2,1H3,(H,16,19). The van der Waals surface area contributed by atoms with E-state index in [1.807, 2.05) is 0 Å². The van der Waals surface area contributed by atoms with E-state index in [1.165, 1.54) is 6.07 Å². The second-order valence-electron chi connectivity index (χ2n) is 5.16. The number of imidazole rings is 1. The Balaban J connectivity index is 2.25. The lowest BCUT2D eigenvalue weighted by atomic mass is 9.92. The summed E-state index contributed by atoms with van der Waals surface area (Å²) in [4.78, 5) is 3.09. The molecule has 0 aliphatic carbocycles. The molecule has 1 aromatic carbocycles. The van der Waals surface area contributed by atoms with Gasteiger partial charge >= 0.3 is 0 Å². The largest absolute Gasteiger partial charge is 0.381 e. The summed E-state index contributed by atoms with van der Waals surface area (Å²) in [5.74, 6) is -0.284. The van der Waals surface area contributed by atoms with E-state index in [0.717, 1.165) is 37.1 Å². The maximum Gasteiger partial charge on any atom is 0.178 e. The molecule has 1 aromatic heterocycles. The number of rotatable bonds is 1. The Labute approximate surface area is 123 Å². The molecule has 0 saturated carbocycles. The van der Waals surface area contributed by atoms with E-state index in [4.69, 9.17) is 17.0 Å². The number of hydrogen-bond donors (Lipinski definition) is 1. The monoisotopic (exact) mass is 344 g/mol. The molecule has 0 radical (unpaired) electrons. The molecule has 0 bridgehead atoms. The van der Waals surface area contributed by atoms with Gasteiger partial charge in [-0.05, 0) is 54.0 Å². The molecule has 2 heterocycles. The number of benzene rings is 1. The minimum Gasteiger partial charge on any atom is -0.381 e. The third-order valence-corrected chi connectivity index (χ3v) is 4.73. The topological polar surface area (TPSA) is 29.9 Å². The molecule has 0 unspecified atom stereocenters.